The maximum atomic E-state index is 13.9. The monoisotopic (exact) mass is 466 g/mol. The van der Waals surface area contributed by atoms with Gasteiger partial charge in [-0.2, -0.15) is 0 Å². The summed E-state index contributed by atoms with van der Waals surface area (Å²) < 4.78 is 5.80. The van der Waals surface area contributed by atoms with Crippen LogP contribution < -0.4 is 0 Å². The van der Waals surface area contributed by atoms with Crippen molar-refractivity contribution in [2.75, 3.05) is 0 Å². The Morgan fingerprint density at radius 1 is 1.03 bits per heavy atom. The molecule has 3 fully saturated rings. The van der Waals surface area contributed by atoms with Gasteiger partial charge in [-0.05, 0) is 73.7 Å². The molecular formula is C29H38O3S. The van der Waals surface area contributed by atoms with Crippen LogP contribution in [-0.4, -0.2) is 17.9 Å². The first-order valence-electron chi connectivity index (χ1n) is 12.8. The summed E-state index contributed by atoms with van der Waals surface area (Å²) in [4.78, 5) is 26.6. The lowest BCUT2D eigenvalue weighted by atomic mass is 9.41. The van der Waals surface area contributed by atoms with Gasteiger partial charge in [-0.15, -0.1) is 11.8 Å². The van der Waals surface area contributed by atoms with Crippen LogP contribution in [0.4, 0.5) is 0 Å². The van der Waals surface area contributed by atoms with Gasteiger partial charge in [-0.1, -0.05) is 57.2 Å². The van der Waals surface area contributed by atoms with Crippen LogP contribution in [0.5, 0.6) is 0 Å². The summed E-state index contributed by atoms with van der Waals surface area (Å²) in [6, 6.07) is 10.5. The fourth-order valence-corrected chi connectivity index (χ4v) is 9.33. The number of thioether (sulfide) groups is 1. The highest BCUT2D eigenvalue weighted by atomic mass is 32.2. The van der Waals surface area contributed by atoms with E-state index in [0.29, 0.717) is 23.5 Å². The third-order valence-electron chi connectivity index (χ3n) is 10.4. The second-order valence-electron chi connectivity index (χ2n) is 11.8. The SMILES string of the molecule is CC(=O)OC1CCC2C3CCC4(C)C(=O)C(SCc5ccccc5)=CCC4(C)C3CCC12C. The average molecular weight is 467 g/mol. The van der Waals surface area contributed by atoms with Gasteiger partial charge >= 0.3 is 5.97 Å². The lowest BCUT2D eigenvalue weighted by Gasteiger charge is -2.63. The Bertz CT molecular complexity index is 970. The fraction of sp³-hybridized carbons (Fsp3) is 0.655. The standard InChI is InChI=1S/C29H38O3S/c1-19(30)32-25-11-10-22-21-12-16-29(4)26(31)24(33-18-20-8-6-5-7-9-20)14-17-28(29,3)23(21)13-15-27(22,25)2/h5-9,14,21-23,25H,10-13,15-18H2,1-4H3. The molecule has 0 spiro atoms. The predicted octanol–water partition coefficient (Wildman–Crippen LogP) is 6.96. The van der Waals surface area contributed by atoms with Gasteiger partial charge in [0, 0.05) is 28.4 Å². The summed E-state index contributed by atoms with van der Waals surface area (Å²) in [5.74, 6) is 2.92. The molecule has 178 valence electrons. The molecule has 0 aliphatic heterocycles. The van der Waals surface area contributed by atoms with E-state index in [2.05, 4.69) is 51.1 Å². The molecule has 0 amide bonds. The molecule has 33 heavy (non-hydrogen) atoms. The molecule has 0 aromatic heterocycles. The fourth-order valence-electron chi connectivity index (χ4n) is 8.26. The van der Waals surface area contributed by atoms with Gasteiger partial charge in [0.1, 0.15) is 6.10 Å². The Labute approximate surface area is 203 Å². The topological polar surface area (TPSA) is 43.4 Å². The molecule has 0 N–H and O–H groups in total. The summed E-state index contributed by atoms with van der Waals surface area (Å²) in [7, 11) is 0. The second-order valence-corrected chi connectivity index (χ2v) is 12.8. The van der Waals surface area contributed by atoms with Crippen LogP contribution in [-0.2, 0) is 20.1 Å². The lowest BCUT2D eigenvalue weighted by molar-refractivity contribution is -0.170. The minimum Gasteiger partial charge on any atom is -0.462 e. The Morgan fingerprint density at radius 2 is 1.79 bits per heavy atom. The molecule has 4 heteroatoms. The van der Waals surface area contributed by atoms with Crippen LogP contribution in [0.2, 0.25) is 0 Å². The van der Waals surface area contributed by atoms with Crippen molar-refractivity contribution < 1.29 is 14.3 Å². The highest BCUT2D eigenvalue weighted by Crippen LogP contribution is 2.69. The van der Waals surface area contributed by atoms with Crippen molar-refractivity contribution >= 4 is 23.5 Å². The normalized spacial score (nSPS) is 42.1. The van der Waals surface area contributed by atoms with Crippen LogP contribution in [0.15, 0.2) is 41.3 Å². The number of hydrogen-bond acceptors (Lipinski definition) is 4. The van der Waals surface area contributed by atoms with E-state index >= 15 is 0 Å². The number of ether oxygens (including phenoxy) is 1. The maximum Gasteiger partial charge on any atom is 0.302 e. The number of esters is 1. The van der Waals surface area contributed by atoms with Crippen LogP contribution in [0.3, 0.4) is 0 Å². The number of benzene rings is 1. The van der Waals surface area contributed by atoms with Gasteiger partial charge in [-0.25, -0.2) is 0 Å². The van der Waals surface area contributed by atoms with E-state index in [4.69, 9.17) is 4.74 Å². The van der Waals surface area contributed by atoms with Gasteiger partial charge in [0.2, 0.25) is 0 Å². The zero-order valence-electron chi connectivity index (χ0n) is 20.6. The van der Waals surface area contributed by atoms with Crippen molar-refractivity contribution in [1.29, 1.82) is 0 Å². The Balaban J connectivity index is 1.37. The number of carbonyl (C=O) groups excluding carboxylic acids is 2. The minimum atomic E-state index is -0.274. The van der Waals surface area contributed by atoms with Crippen LogP contribution in [0, 0.1) is 34.0 Å². The van der Waals surface area contributed by atoms with E-state index < -0.39 is 0 Å². The van der Waals surface area contributed by atoms with Crippen molar-refractivity contribution in [2.24, 2.45) is 34.0 Å². The number of allylic oxidation sites excluding steroid dienone is 2. The molecule has 4 aliphatic carbocycles. The van der Waals surface area contributed by atoms with Gasteiger partial charge in [-0.3, -0.25) is 9.59 Å². The number of fused-ring (bicyclic) bond motifs is 5. The lowest BCUT2D eigenvalue weighted by Crippen LogP contribution is -2.59. The number of rotatable bonds is 4. The molecule has 1 aromatic rings. The largest absolute Gasteiger partial charge is 0.462 e. The molecule has 4 aliphatic rings. The zero-order chi connectivity index (χ0) is 23.4. The quantitative estimate of drug-likeness (QED) is 0.450. The van der Waals surface area contributed by atoms with Gasteiger partial charge < -0.3 is 4.74 Å². The highest BCUT2D eigenvalue weighted by Gasteiger charge is 2.65. The molecule has 0 saturated heterocycles. The third-order valence-corrected chi connectivity index (χ3v) is 11.5. The van der Waals surface area contributed by atoms with Crippen molar-refractivity contribution in [1.82, 2.24) is 0 Å². The van der Waals surface area contributed by atoms with Crippen LogP contribution in [0.1, 0.15) is 78.2 Å². The van der Waals surface area contributed by atoms with E-state index in [1.54, 1.807) is 18.7 Å². The zero-order valence-corrected chi connectivity index (χ0v) is 21.4. The van der Waals surface area contributed by atoms with E-state index in [1.165, 1.54) is 5.56 Å². The summed E-state index contributed by atoms with van der Waals surface area (Å²) in [5, 5.41) is 0. The molecule has 0 bridgehead atoms. The molecule has 0 radical (unpaired) electrons. The number of carbonyl (C=O) groups is 2. The van der Waals surface area contributed by atoms with Gasteiger partial charge in [0.15, 0.2) is 5.78 Å². The third kappa shape index (κ3) is 3.54. The van der Waals surface area contributed by atoms with Crippen molar-refractivity contribution in [3.8, 4) is 0 Å². The minimum absolute atomic E-state index is 0.0185. The van der Waals surface area contributed by atoms with Crippen molar-refractivity contribution in [3.63, 3.8) is 0 Å². The number of ketones is 1. The first kappa shape index (κ1) is 23.2. The summed E-state index contributed by atoms with van der Waals surface area (Å²) in [5.41, 5.74) is 1.12. The summed E-state index contributed by atoms with van der Waals surface area (Å²) >= 11 is 1.72. The highest BCUT2D eigenvalue weighted by molar-refractivity contribution is 8.03. The Kier molecular flexibility index (Phi) is 5.83. The maximum absolute atomic E-state index is 13.9. The summed E-state index contributed by atoms with van der Waals surface area (Å²) in [6.45, 7) is 8.60. The summed E-state index contributed by atoms with van der Waals surface area (Å²) in [6.07, 6.45) is 9.86. The van der Waals surface area contributed by atoms with E-state index in [-0.39, 0.29) is 28.3 Å². The Morgan fingerprint density at radius 3 is 2.52 bits per heavy atom. The van der Waals surface area contributed by atoms with Crippen molar-refractivity contribution in [2.45, 2.75) is 84.5 Å². The molecule has 5 rings (SSSR count). The molecule has 7 unspecified atom stereocenters. The van der Waals surface area contributed by atoms with E-state index in [0.717, 1.165) is 55.6 Å². The average Bonchev–Trinajstić information content (AvgIpc) is 3.11. The second kappa shape index (κ2) is 8.29. The first-order valence-corrected chi connectivity index (χ1v) is 13.8. The van der Waals surface area contributed by atoms with Crippen molar-refractivity contribution in [3.05, 3.63) is 46.9 Å². The van der Waals surface area contributed by atoms with Crippen LogP contribution >= 0.6 is 11.8 Å². The number of Topliss-reactive ketones (excluding diaryl/α,β-unsaturated/α-hetero) is 1. The first-order chi connectivity index (χ1) is 15.7. The predicted molar refractivity (Wildman–Crippen MR) is 133 cm³/mol. The smallest absolute Gasteiger partial charge is 0.302 e. The molecule has 1 aromatic carbocycles. The molecule has 0 heterocycles. The Hall–Kier alpha value is -1.55. The number of hydrogen-bond donors (Lipinski definition) is 0. The molecule has 3 nitrogen and oxygen atoms in total. The van der Waals surface area contributed by atoms with Crippen LogP contribution in [0.25, 0.3) is 0 Å². The molecular weight excluding hydrogens is 428 g/mol. The van der Waals surface area contributed by atoms with E-state index in [1.807, 2.05) is 6.07 Å². The van der Waals surface area contributed by atoms with Gasteiger partial charge in [0.25, 0.3) is 0 Å². The molecule has 3 saturated carbocycles. The molecule has 7 atom stereocenters. The van der Waals surface area contributed by atoms with Gasteiger partial charge in [0.05, 0.1) is 0 Å². The van der Waals surface area contributed by atoms with E-state index in [9.17, 15) is 9.59 Å².